The molecule has 1 aliphatic heterocycles. The molecule has 0 aliphatic carbocycles. The van der Waals surface area contributed by atoms with Crippen molar-refractivity contribution in [2.75, 3.05) is 19.7 Å². The van der Waals surface area contributed by atoms with Crippen molar-refractivity contribution in [3.8, 4) is 0 Å². The lowest BCUT2D eigenvalue weighted by atomic mass is 10.1. The van der Waals surface area contributed by atoms with Gasteiger partial charge in [0.15, 0.2) is 0 Å². The third-order valence-electron chi connectivity index (χ3n) is 2.61. The van der Waals surface area contributed by atoms with Crippen molar-refractivity contribution in [2.45, 2.75) is 32.2 Å². The van der Waals surface area contributed by atoms with Crippen molar-refractivity contribution in [2.24, 2.45) is 5.92 Å². The summed E-state index contributed by atoms with van der Waals surface area (Å²) in [5, 5.41) is 8.78. The molecule has 0 aromatic heterocycles. The molecule has 1 saturated heterocycles. The standard InChI is InChI=1S/C9H17F2NO/c1-8(2,3)12-4-7(5-13)9(10,11)6-12/h7,13H,4-6H2,1-3H3. The lowest BCUT2D eigenvalue weighted by molar-refractivity contribution is -0.0460. The first-order valence-corrected chi connectivity index (χ1v) is 4.51. The van der Waals surface area contributed by atoms with Gasteiger partial charge in [0.1, 0.15) is 0 Å². The highest BCUT2D eigenvalue weighted by atomic mass is 19.3. The van der Waals surface area contributed by atoms with Crippen molar-refractivity contribution in [1.29, 1.82) is 0 Å². The highest BCUT2D eigenvalue weighted by molar-refractivity contribution is 4.94. The van der Waals surface area contributed by atoms with E-state index < -0.39 is 18.4 Å². The van der Waals surface area contributed by atoms with Crippen molar-refractivity contribution in [1.82, 2.24) is 4.90 Å². The molecule has 0 spiro atoms. The minimum absolute atomic E-state index is 0.234. The van der Waals surface area contributed by atoms with E-state index in [2.05, 4.69) is 0 Å². The minimum atomic E-state index is -2.73. The summed E-state index contributed by atoms with van der Waals surface area (Å²) < 4.78 is 26.4. The van der Waals surface area contributed by atoms with Gasteiger partial charge >= 0.3 is 0 Å². The van der Waals surface area contributed by atoms with Crippen LogP contribution in [0.25, 0.3) is 0 Å². The van der Waals surface area contributed by atoms with E-state index in [1.54, 1.807) is 4.90 Å². The summed E-state index contributed by atoms with van der Waals surface area (Å²) in [6, 6.07) is 0. The first kappa shape index (κ1) is 10.9. The molecule has 1 unspecified atom stereocenters. The third kappa shape index (κ3) is 2.17. The third-order valence-corrected chi connectivity index (χ3v) is 2.61. The molecule has 1 aliphatic rings. The Labute approximate surface area is 77.5 Å². The maximum atomic E-state index is 13.2. The molecule has 2 nitrogen and oxygen atoms in total. The van der Waals surface area contributed by atoms with Crippen molar-refractivity contribution >= 4 is 0 Å². The van der Waals surface area contributed by atoms with Gasteiger partial charge in [0, 0.05) is 12.1 Å². The van der Waals surface area contributed by atoms with Crippen LogP contribution in [0.4, 0.5) is 8.78 Å². The molecule has 0 aromatic rings. The van der Waals surface area contributed by atoms with E-state index in [1.807, 2.05) is 20.8 Å². The molecule has 1 heterocycles. The monoisotopic (exact) mass is 193 g/mol. The van der Waals surface area contributed by atoms with E-state index in [0.29, 0.717) is 0 Å². The smallest absolute Gasteiger partial charge is 0.266 e. The predicted octanol–water partition coefficient (Wildman–Crippen LogP) is 1.34. The Balaban J connectivity index is 2.70. The van der Waals surface area contributed by atoms with Crippen LogP contribution in [-0.4, -0.2) is 41.2 Å². The molecule has 0 aromatic carbocycles. The zero-order chi connectivity index (χ0) is 10.3. The van der Waals surface area contributed by atoms with Gasteiger partial charge in [0.2, 0.25) is 0 Å². The largest absolute Gasteiger partial charge is 0.396 e. The number of aliphatic hydroxyl groups is 1. The van der Waals surface area contributed by atoms with Crippen LogP contribution in [0.2, 0.25) is 0 Å². The molecular formula is C9H17F2NO. The fourth-order valence-corrected chi connectivity index (χ4v) is 1.55. The molecule has 1 fully saturated rings. The van der Waals surface area contributed by atoms with Gasteiger partial charge in [0.25, 0.3) is 5.92 Å². The van der Waals surface area contributed by atoms with E-state index >= 15 is 0 Å². The molecule has 0 saturated carbocycles. The topological polar surface area (TPSA) is 23.5 Å². The molecule has 13 heavy (non-hydrogen) atoms. The van der Waals surface area contributed by atoms with E-state index in [0.717, 1.165) is 0 Å². The maximum absolute atomic E-state index is 13.2. The highest BCUT2D eigenvalue weighted by Gasteiger charge is 2.49. The van der Waals surface area contributed by atoms with Gasteiger partial charge in [-0.25, -0.2) is 8.78 Å². The summed E-state index contributed by atoms with van der Waals surface area (Å²) in [5.74, 6) is -3.63. The summed E-state index contributed by atoms with van der Waals surface area (Å²) in [7, 11) is 0. The zero-order valence-corrected chi connectivity index (χ0v) is 8.35. The molecular weight excluding hydrogens is 176 g/mol. The zero-order valence-electron chi connectivity index (χ0n) is 8.35. The lowest BCUT2D eigenvalue weighted by Gasteiger charge is -2.31. The number of aliphatic hydroxyl groups excluding tert-OH is 1. The summed E-state index contributed by atoms with van der Waals surface area (Å²) in [5.41, 5.74) is -0.243. The number of halogens is 2. The highest BCUT2D eigenvalue weighted by Crippen LogP contribution is 2.36. The molecule has 1 rings (SSSR count). The van der Waals surface area contributed by atoms with Crippen molar-refractivity contribution in [3.63, 3.8) is 0 Å². The van der Waals surface area contributed by atoms with Gasteiger partial charge in [0.05, 0.1) is 19.1 Å². The second-order valence-corrected chi connectivity index (χ2v) is 4.69. The quantitative estimate of drug-likeness (QED) is 0.679. The normalized spacial score (nSPS) is 29.5. The molecule has 0 amide bonds. The first-order chi connectivity index (χ1) is 5.77. The van der Waals surface area contributed by atoms with Crippen LogP contribution >= 0.6 is 0 Å². The summed E-state index contributed by atoms with van der Waals surface area (Å²) in [6.07, 6.45) is 0. The number of likely N-dealkylation sites (tertiary alicyclic amines) is 1. The number of nitrogens with zero attached hydrogens (tertiary/aromatic N) is 1. The van der Waals surface area contributed by atoms with Crippen LogP contribution < -0.4 is 0 Å². The minimum Gasteiger partial charge on any atom is -0.396 e. The van der Waals surface area contributed by atoms with E-state index in [1.165, 1.54) is 0 Å². The average molecular weight is 193 g/mol. The van der Waals surface area contributed by atoms with Crippen LogP contribution in [0.1, 0.15) is 20.8 Å². The second kappa shape index (κ2) is 3.17. The van der Waals surface area contributed by atoms with Crippen molar-refractivity contribution in [3.05, 3.63) is 0 Å². The molecule has 1 atom stereocenters. The first-order valence-electron chi connectivity index (χ1n) is 4.51. The van der Waals surface area contributed by atoms with Crippen LogP contribution in [0, 0.1) is 5.92 Å². The molecule has 0 bridgehead atoms. The van der Waals surface area contributed by atoms with Gasteiger partial charge < -0.3 is 5.11 Å². The molecule has 0 radical (unpaired) electrons. The van der Waals surface area contributed by atoms with Gasteiger partial charge in [-0.05, 0) is 20.8 Å². The van der Waals surface area contributed by atoms with Gasteiger partial charge in [-0.3, -0.25) is 4.90 Å². The van der Waals surface area contributed by atoms with Crippen LogP contribution in [0.3, 0.4) is 0 Å². The SMILES string of the molecule is CC(C)(C)N1CC(CO)C(F)(F)C1. The van der Waals surface area contributed by atoms with Crippen LogP contribution in [-0.2, 0) is 0 Å². The Morgan fingerprint density at radius 2 is 2.00 bits per heavy atom. The van der Waals surface area contributed by atoms with Gasteiger partial charge in [-0.2, -0.15) is 0 Å². The second-order valence-electron chi connectivity index (χ2n) is 4.69. The number of rotatable bonds is 1. The fourth-order valence-electron chi connectivity index (χ4n) is 1.55. The number of hydrogen-bond donors (Lipinski definition) is 1. The van der Waals surface area contributed by atoms with Crippen LogP contribution in [0.5, 0.6) is 0 Å². The maximum Gasteiger partial charge on any atom is 0.266 e. The van der Waals surface area contributed by atoms with Crippen LogP contribution in [0.15, 0.2) is 0 Å². The number of hydrogen-bond acceptors (Lipinski definition) is 2. The fraction of sp³-hybridized carbons (Fsp3) is 1.00. The van der Waals surface area contributed by atoms with E-state index in [4.69, 9.17) is 5.11 Å². The Morgan fingerprint density at radius 1 is 1.46 bits per heavy atom. The van der Waals surface area contributed by atoms with E-state index in [9.17, 15) is 8.78 Å². The van der Waals surface area contributed by atoms with Crippen molar-refractivity contribution < 1.29 is 13.9 Å². The summed E-state index contributed by atoms with van der Waals surface area (Å²) in [4.78, 5) is 1.72. The average Bonchev–Trinajstić information content (AvgIpc) is 2.23. The molecule has 78 valence electrons. The summed E-state index contributed by atoms with van der Waals surface area (Å²) in [6.45, 7) is 5.34. The van der Waals surface area contributed by atoms with Gasteiger partial charge in [-0.15, -0.1) is 0 Å². The number of alkyl halides is 2. The Hall–Kier alpha value is -0.220. The molecule has 1 N–H and O–H groups in total. The Morgan fingerprint density at radius 3 is 2.23 bits per heavy atom. The van der Waals surface area contributed by atoms with E-state index in [-0.39, 0.29) is 18.6 Å². The Bertz CT molecular complexity index is 189. The summed E-state index contributed by atoms with van der Waals surface area (Å²) >= 11 is 0. The predicted molar refractivity (Wildman–Crippen MR) is 46.8 cm³/mol. The molecule has 4 heteroatoms. The van der Waals surface area contributed by atoms with Gasteiger partial charge in [-0.1, -0.05) is 0 Å². The lowest BCUT2D eigenvalue weighted by Crippen LogP contribution is -2.40. The Kier molecular flexibility index (Phi) is 2.65.